The lowest BCUT2D eigenvalue weighted by atomic mass is 10.1. The average Bonchev–Trinajstić information content (AvgIpc) is 2.79. The van der Waals surface area contributed by atoms with Gasteiger partial charge in [0.2, 0.25) is 0 Å². The lowest BCUT2D eigenvalue weighted by Gasteiger charge is -2.11. The third kappa shape index (κ3) is 2.68. The molecule has 0 amide bonds. The van der Waals surface area contributed by atoms with Gasteiger partial charge >= 0.3 is 0 Å². The van der Waals surface area contributed by atoms with Gasteiger partial charge in [-0.05, 0) is 32.0 Å². The smallest absolute Gasteiger partial charge is 0.165 e. The molecule has 2 aromatic rings. The number of benzene rings is 1. The van der Waals surface area contributed by atoms with Crippen LogP contribution in [0, 0.1) is 5.82 Å². The highest BCUT2D eigenvalue weighted by Crippen LogP contribution is 2.30. The van der Waals surface area contributed by atoms with Crippen LogP contribution in [0.25, 0.3) is 0 Å². The van der Waals surface area contributed by atoms with Crippen LogP contribution in [0.5, 0.6) is 11.5 Å². The molecule has 0 saturated heterocycles. The van der Waals surface area contributed by atoms with Gasteiger partial charge in [-0.15, -0.1) is 0 Å². The van der Waals surface area contributed by atoms with Crippen LogP contribution in [0.15, 0.2) is 30.6 Å². The molecule has 1 aromatic carbocycles. The highest BCUT2D eigenvalue weighted by atomic mass is 19.1. The van der Waals surface area contributed by atoms with Crippen LogP contribution in [0.3, 0.4) is 0 Å². The highest BCUT2D eigenvalue weighted by Gasteiger charge is 2.12. The van der Waals surface area contributed by atoms with Crippen molar-refractivity contribution in [3.63, 3.8) is 0 Å². The van der Waals surface area contributed by atoms with Crippen LogP contribution in [0.2, 0.25) is 0 Å². The van der Waals surface area contributed by atoms with Crippen molar-refractivity contribution in [3.8, 4) is 11.5 Å². The van der Waals surface area contributed by atoms with E-state index in [1.165, 1.54) is 18.2 Å². The maximum Gasteiger partial charge on any atom is 0.165 e. The van der Waals surface area contributed by atoms with Crippen LogP contribution >= 0.6 is 0 Å². The maximum atomic E-state index is 13.1. The Morgan fingerprint density at radius 1 is 1.50 bits per heavy atom. The first-order chi connectivity index (χ1) is 8.60. The Bertz CT molecular complexity index is 538. The fourth-order valence-electron chi connectivity index (χ4n) is 1.64. The van der Waals surface area contributed by atoms with E-state index < -0.39 is 11.9 Å². The molecule has 0 aliphatic rings. The van der Waals surface area contributed by atoms with E-state index in [-0.39, 0.29) is 0 Å². The van der Waals surface area contributed by atoms with Gasteiger partial charge in [0, 0.05) is 12.1 Å². The second kappa shape index (κ2) is 5.18. The zero-order chi connectivity index (χ0) is 13.1. The molecule has 96 valence electrons. The summed E-state index contributed by atoms with van der Waals surface area (Å²) in [5, 5.41) is 13.7. The average molecular weight is 250 g/mol. The Morgan fingerprint density at radius 2 is 2.28 bits per heavy atom. The lowest BCUT2D eigenvalue weighted by Crippen LogP contribution is -1.97. The Labute approximate surface area is 105 Å². The van der Waals surface area contributed by atoms with E-state index >= 15 is 0 Å². The molecule has 1 heterocycles. The SMILES string of the molecule is CCn1cc(Oc2ccc(F)cc2[C@H](C)O)cn1. The molecule has 5 heteroatoms. The fourth-order valence-corrected chi connectivity index (χ4v) is 1.64. The summed E-state index contributed by atoms with van der Waals surface area (Å²) in [4.78, 5) is 0. The number of halogens is 1. The first-order valence-electron chi connectivity index (χ1n) is 5.78. The molecule has 18 heavy (non-hydrogen) atoms. The van der Waals surface area contributed by atoms with Gasteiger partial charge in [-0.3, -0.25) is 4.68 Å². The van der Waals surface area contributed by atoms with Gasteiger partial charge in [0.25, 0.3) is 0 Å². The summed E-state index contributed by atoms with van der Waals surface area (Å²) in [7, 11) is 0. The van der Waals surface area contributed by atoms with Crippen LogP contribution in [0.1, 0.15) is 25.5 Å². The third-order valence-electron chi connectivity index (χ3n) is 2.58. The third-order valence-corrected chi connectivity index (χ3v) is 2.58. The van der Waals surface area contributed by atoms with Crippen LogP contribution in [-0.2, 0) is 6.54 Å². The van der Waals surface area contributed by atoms with Gasteiger partial charge in [0.05, 0.1) is 18.5 Å². The van der Waals surface area contributed by atoms with Crippen molar-refractivity contribution in [3.05, 3.63) is 42.0 Å². The summed E-state index contributed by atoms with van der Waals surface area (Å²) < 4.78 is 20.4. The number of nitrogens with zero attached hydrogens (tertiary/aromatic N) is 2. The molecule has 0 aliphatic heterocycles. The summed E-state index contributed by atoms with van der Waals surface area (Å²) in [6, 6.07) is 4.07. The van der Waals surface area contributed by atoms with Crippen molar-refractivity contribution in [2.24, 2.45) is 0 Å². The van der Waals surface area contributed by atoms with E-state index in [0.29, 0.717) is 17.1 Å². The predicted molar refractivity (Wildman–Crippen MR) is 65.0 cm³/mol. The Kier molecular flexibility index (Phi) is 3.62. The Hall–Kier alpha value is -1.88. The number of aliphatic hydroxyl groups is 1. The van der Waals surface area contributed by atoms with Crippen molar-refractivity contribution < 1.29 is 14.2 Å². The van der Waals surface area contributed by atoms with Gasteiger partial charge in [-0.2, -0.15) is 5.10 Å². The van der Waals surface area contributed by atoms with E-state index in [0.717, 1.165) is 6.54 Å². The van der Waals surface area contributed by atoms with E-state index in [1.807, 2.05) is 6.92 Å². The molecule has 1 aromatic heterocycles. The van der Waals surface area contributed by atoms with Gasteiger partial charge in [-0.1, -0.05) is 0 Å². The van der Waals surface area contributed by atoms with Gasteiger partial charge in [0.15, 0.2) is 5.75 Å². The molecular weight excluding hydrogens is 235 g/mol. The summed E-state index contributed by atoms with van der Waals surface area (Å²) in [5.41, 5.74) is 0.416. The lowest BCUT2D eigenvalue weighted by molar-refractivity contribution is 0.195. The van der Waals surface area contributed by atoms with Crippen LogP contribution in [0.4, 0.5) is 4.39 Å². The first-order valence-corrected chi connectivity index (χ1v) is 5.78. The van der Waals surface area contributed by atoms with Crippen molar-refractivity contribution in [2.75, 3.05) is 0 Å². The summed E-state index contributed by atoms with van der Waals surface area (Å²) >= 11 is 0. The number of hydrogen-bond acceptors (Lipinski definition) is 3. The molecule has 4 nitrogen and oxygen atoms in total. The van der Waals surface area contributed by atoms with E-state index in [1.54, 1.807) is 24.0 Å². The Balaban J connectivity index is 2.28. The van der Waals surface area contributed by atoms with Crippen molar-refractivity contribution in [2.45, 2.75) is 26.5 Å². The highest BCUT2D eigenvalue weighted by molar-refractivity contribution is 5.38. The molecular formula is C13H15FN2O2. The van der Waals surface area contributed by atoms with E-state index in [2.05, 4.69) is 5.10 Å². The predicted octanol–water partition coefficient (Wildman–Crippen LogP) is 2.89. The quantitative estimate of drug-likeness (QED) is 0.907. The van der Waals surface area contributed by atoms with Crippen molar-refractivity contribution in [1.82, 2.24) is 9.78 Å². The number of aliphatic hydroxyl groups excluding tert-OH is 1. The number of ether oxygens (including phenoxy) is 1. The van der Waals surface area contributed by atoms with Crippen LogP contribution < -0.4 is 4.74 Å². The summed E-state index contributed by atoms with van der Waals surface area (Å²) in [6.45, 7) is 4.28. The molecule has 0 aliphatic carbocycles. The van der Waals surface area contributed by atoms with E-state index in [9.17, 15) is 9.50 Å². The number of aromatic nitrogens is 2. The zero-order valence-electron chi connectivity index (χ0n) is 10.3. The monoisotopic (exact) mass is 250 g/mol. The summed E-state index contributed by atoms with van der Waals surface area (Å²) in [5.74, 6) is 0.593. The minimum atomic E-state index is -0.795. The second-order valence-electron chi connectivity index (χ2n) is 3.99. The molecule has 1 N–H and O–H groups in total. The van der Waals surface area contributed by atoms with Gasteiger partial charge in [0.1, 0.15) is 11.6 Å². The van der Waals surface area contributed by atoms with Crippen molar-refractivity contribution in [1.29, 1.82) is 0 Å². The maximum absolute atomic E-state index is 13.1. The molecule has 0 spiro atoms. The molecule has 2 rings (SSSR count). The fraction of sp³-hybridized carbons (Fsp3) is 0.308. The molecule has 0 radical (unpaired) electrons. The number of aryl methyl sites for hydroxylation is 1. The first kappa shape index (κ1) is 12.6. The standard InChI is InChI=1S/C13H15FN2O2/c1-3-16-8-11(7-15-16)18-13-5-4-10(14)6-12(13)9(2)17/h4-9,17H,3H2,1-2H3/t9-/m0/s1. The normalized spacial score (nSPS) is 12.4. The molecule has 0 bridgehead atoms. The zero-order valence-corrected chi connectivity index (χ0v) is 10.3. The molecule has 0 saturated carbocycles. The van der Waals surface area contributed by atoms with Gasteiger partial charge in [-0.25, -0.2) is 4.39 Å². The minimum Gasteiger partial charge on any atom is -0.454 e. The largest absolute Gasteiger partial charge is 0.454 e. The number of rotatable bonds is 4. The second-order valence-corrected chi connectivity index (χ2v) is 3.99. The Morgan fingerprint density at radius 3 is 2.89 bits per heavy atom. The topological polar surface area (TPSA) is 47.3 Å². The van der Waals surface area contributed by atoms with E-state index in [4.69, 9.17) is 4.74 Å². The van der Waals surface area contributed by atoms with Crippen LogP contribution in [-0.4, -0.2) is 14.9 Å². The molecule has 0 unspecified atom stereocenters. The summed E-state index contributed by atoms with van der Waals surface area (Å²) in [6.07, 6.45) is 2.53. The molecule has 0 fully saturated rings. The minimum absolute atomic E-state index is 0.400. The number of hydrogen-bond donors (Lipinski definition) is 1. The van der Waals surface area contributed by atoms with Gasteiger partial charge < -0.3 is 9.84 Å². The molecule has 1 atom stereocenters. The van der Waals surface area contributed by atoms with Crippen molar-refractivity contribution >= 4 is 0 Å².